The van der Waals surface area contributed by atoms with Crippen LogP contribution in [-0.4, -0.2) is 32.7 Å². The van der Waals surface area contributed by atoms with Crippen molar-refractivity contribution in [2.75, 3.05) is 0 Å². The second-order valence-electron chi connectivity index (χ2n) is 5.38. The summed E-state index contributed by atoms with van der Waals surface area (Å²) < 4.78 is 5.15. The molecule has 2 N–H and O–H groups in total. The van der Waals surface area contributed by atoms with Crippen LogP contribution in [0.5, 0.6) is 0 Å². The third kappa shape index (κ3) is 4.38. The number of carboxylic acids is 1. The highest BCUT2D eigenvalue weighted by Crippen LogP contribution is 2.21. The lowest BCUT2D eigenvalue weighted by Crippen LogP contribution is -2.51. The maximum atomic E-state index is 11.9. The number of nitrogens with one attached hydrogen (secondary N) is 1. The molecule has 0 aliphatic rings. The highest BCUT2D eigenvalue weighted by atomic mass is 32.1. The van der Waals surface area contributed by atoms with E-state index in [-0.39, 0.29) is 12.3 Å². The maximum absolute atomic E-state index is 11.9. The average Bonchev–Trinajstić information content (AvgIpc) is 3.17. The van der Waals surface area contributed by atoms with Crippen LogP contribution in [0.1, 0.15) is 39.0 Å². The predicted molar refractivity (Wildman–Crippen MR) is 85.0 cm³/mol. The number of aliphatic carboxylic acids is 1. The topological polar surface area (TPSA) is 105 Å². The number of nitrogens with zero attached hydrogens (tertiary/aromatic N) is 2. The van der Waals surface area contributed by atoms with Gasteiger partial charge < -0.3 is 14.9 Å². The lowest BCUT2D eigenvalue weighted by Gasteiger charge is -2.24. The zero-order valence-corrected chi connectivity index (χ0v) is 13.9. The van der Waals surface area contributed by atoms with Crippen molar-refractivity contribution in [3.8, 4) is 10.7 Å². The van der Waals surface area contributed by atoms with Gasteiger partial charge in [-0.1, -0.05) is 18.1 Å². The number of aromatic nitrogens is 2. The fourth-order valence-corrected chi connectivity index (χ4v) is 2.57. The van der Waals surface area contributed by atoms with Crippen LogP contribution in [0.3, 0.4) is 0 Å². The van der Waals surface area contributed by atoms with Crippen molar-refractivity contribution in [1.82, 2.24) is 15.5 Å². The second-order valence-corrected chi connectivity index (χ2v) is 6.33. The second kappa shape index (κ2) is 7.36. The molecule has 0 saturated heterocycles. The Kier molecular flexibility index (Phi) is 5.49. The molecular formula is C15H19N3O4S. The minimum Gasteiger partial charge on any atom is -0.480 e. The van der Waals surface area contributed by atoms with Crippen LogP contribution < -0.4 is 5.32 Å². The van der Waals surface area contributed by atoms with Gasteiger partial charge in [0.15, 0.2) is 0 Å². The van der Waals surface area contributed by atoms with Crippen LogP contribution in [-0.2, 0) is 16.0 Å². The number of carboxylic acid groups (broad SMARTS) is 1. The lowest BCUT2D eigenvalue weighted by atomic mass is 9.99. The molecule has 1 atom stereocenters. The Labute approximate surface area is 137 Å². The normalized spacial score (nSPS) is 13.5. The Bertz CT molecular complexity index is 668. The van der Waals surface area contributed by atoms with Gasteiger partial charge in [0.2, 0.25) is 17.6 Å². The first-order chi connectivity index (χ1) is 10.9. The molecule has 0 aromatic carbocycles. The number of hydrogen-bond donors (Lipinski definition) is 2. The third-order valence-corrected chi connectivity index (χ3v) is 4.46. The summed E-state index contributed by atoms with van der Waals surface area (Å²) >= 11 is 1.52. The predicted octanol–water partition coefficient (Wildman–Crippen LogP) is 2.49. The van der Waals surface area contributed by atoms with Crippen LogP contribution >= 0.6 is 11.3 Å². The monoisotopic (exact) mass is 337 g/mol. The molecule has 0 fully saturated rings. The molecule has 0 aliphatic carbocycles. The molecule has 2 aromatic rings. The van der Waals surface area contributed by atoms with Crippen LogP contribution in [0.2, 0.25) is 0 Å². The van der Waals surface area contributed by atoms with Crippen molar-refractivity contribution < 1.29 is 19.2 Å². The fraction of sp³-hybridized carbons (Fsp3) is 0.467. The number of hydrogen-bond acceptors (Lipinski definition) is 6. The van der Waals surface area contributed by atoms with E-state index in [9.17, 15) is 9.59 Å². The first-order valence-electron chi connectivity index (χ1n) is 7.35. The Morgan fingerprint density at radius 2 is 2.26 bits per heavy atom. The smallest absolute Gasteiger partial charge is 0.329 e. The van der Waals surface area contributed by atoms with Crippen LogP contribution in [0.25, 0.3) is 10.7 Å². The van der Waals surface area contributed by atoms with Gasteiger partial charge in [-0.15, -0.1) is 11.3 Å². The van der Waals surface area contributed by atoms with E-state index in [1.54, 1.807) is 6.92 Å². The standard InChI is InChI=1S/C15H19N3O4S/c1-3-15(2,14(20)21)17-11(19)7-4-8-12-16-13(18-22-12)10-6-5-9-23-10/h5-6,9H,3-4,7-8H2,1-2H3,(H,17,19)(H,20,21). The Morgan fingerprint density at radius 3 is 2.87 bits per heavy atom. The first-order valence-corrected chi connectivity index (χ1v) is 8.23. The van der Waals surface area contributed by atoms with E-state index in [1.165, 1.54) is 18.3 Å². The summed E-state index contributed by atoms with van der Waals surface area (Å²) in [6.45, 7) is 3.22. The highest BCUT2D eigenvalue weighted by Gasteiger charge is 2.32. The Hall–Kier alpha value is -2.22. The molecule has 0 radical (unpaired) electrons. The van der Waals surface area contributed by atoms with Gasteiger partial charge >= 0.3 is 5.97 Å². The highest BCUT2D eigenvalue weighted by molar-refractivity contribution is 7.13. The average molecular weight is 337 g/mol. The van der Waals surface area contributed by atoms with E-state index < -0.39 is 11.5 Å². The van der Waals surface area contributed by atoms with Crippen molar-refractivity contribution in [3.63, 3.8) is 0 Å². The Balaban J connectivity index is 1.81. The largest absolute Gasteiger partial charge is 0.480 e. The first kappa shape index (κ1) is 17.1. The van der Waals surface area contributed by atoms with Gasteiger partial charge in [-0.3, -0.25) is 4.79 Å². The van der Waals surface area contributed by atoms with Gasteiger partial charge in [0.1, 0.15) is 5.54 Å². The van der Waals surface area contributed by atoms with E-state index >= 15 is 0 Å². The number of rotatable bonds is 8. The number of aryl methyl sites for hydroxylation is 1. The molecule has 0 bridgehead atoms. The van der Waals surface area contributed by atoms with Crippen molar-refractivity contribution in [3.05, 3.63) is 23.4 Å². The zero-order valence-electron chi connectivity index (χ0n) is 13.0. The van der Waals surface area contributed by atoms with Gasteiger partial charge in [-0.2, -0.15) is 4.98 Å². The zero-order chi connectivity index (χ0) is 16.9. The molecule has 1 unspecified atom stereocenters. The molecule has 124 valence electrons. The Morgan fingerprint density at radius 1 is 1.48 bits per heavy atom. The molecule has 0 saturated carbocycles. The van der Waals surface area contributed by atoms with Crippen molar-refractivity contribution >= 4 is 23.2 Å². The van der Waals surface area contributed by atoms with Gasteiger partial charge in [-0.05, 0) is 31.2 Å². The molecule has 8 heteroatoms. The molecule has 1 amide bonds. The lowest BCUT2D eigenvalue weighted by molar-refractivity contribution is -0.147. The van der Waals surface area contributed by atoms with Crippen molar-refractivity contribution in [2.24, 2.45) is 0 Å². The summed E-state index contributed by atoms with van der Waals surface area (Å²) in [5.74, 6) is -0.317. The molecule has 2 rings (SSSR count). The van der Waals surface area contributed by atoms with Gasteiger partial charge in [-0.25, -0.2) is 4.79 Å². The quantitative estimate of drug-likeness (QED) is 0.766. The summed E-state index contributed by atoms with van der Waals surface area (Å²) in [4.78, 5) is 28.2. The summed E-state index contributed by atoms with van der Waals surface area (Å²) in [6, 6.07) is 3.82. The fourth-order valence-electron chi connectivity index (χ4n) is 1.93. The van der Waals surface area contributed by atoms with E-state index in [0.717, 1.165) is 4.88 Å². The molecular weight excluding hydrogens is 318 g/mol. The SMILES string of the molecule is CCC(C)(NC(=O)CCCc1nc(-c2cccs2)no1)C(=O)O. The van der Waals surface area contributed by atoms with Crippen molar-refractivity contribution in [2.45, 2.75) is 45.1 Å². The number of carbonyl (C=O) groups is 2. The number of thiophene rings is 1. The van der Waals surface area contributed by atoms with E-state index in [4.69, 9.17) is 9.63 Å². The number of amides is 1. The van der Waals surface area contributed by atoms with Crippen LogP contribution in [0.4, 0.5) is 0 Å². The molecule has 0 aliphatic heterocycles. The maximum Gasteiger partial charge on any atom is 0.329 e. The minimum atomic E-state index is -1.23. The molecule has 2 aromatic heterocycles. The summed E-state index contributed by atoms with van der Waals surface area (Å²) in [5.41, 5.74) is -1.23. The molecule has 7 nitrogen and oxygen atoms in total. The van der Waals surface area contributed by atoms with E-state index in [2.05, 4.69) is 15.5 Å². The van der Waals surface area contributed by atoms with Gasteiger partial charge in [0.25, 0.3) is 0 Å². The third-order valence-electron chi connectivity index (χ3n) is 3.60. The number of carbonyl (C=O) groups excluding carboxylic acids is 1. The molecule has 2 heterocycles. The van der Waals surface area contributed by atoms with E-state index in [0.29, 0.717) is 31.0 Å². The minimum absolute atomic E-state index is 0.208. The summed E-state index contributed by atoms with van der Waals surface area (Å²) in [6.07, 6.45) is 1.51. The molecule has 23 heavy (non-hydrogen) atoms. The van der Waals surface area contributed by atoms with Crippen LogP contribution in [0, 0.1) is 0 Å². The summed E-state index contributed by atoms with van der Waals surface area (Å²) in [5, 5.41) is 17.5. The van der Waals surface area contributed by atoms with Crippen molar-refractivity contribution in [1.29, 1.82) is 0 Å². The van der Waals surface area contributed by atoms with Gasteiger partial charge in [0, 0.05) is 12.8 Å². The van der Waals surface area contributed by atoms with Gasteiger partial charge in [0.05, 0.1) is 4.88 Å². The van der Waals surface area contributed by atoms with Crippen LogP contribution in [0.15, 0.2) is 22.0 Å². The molecule has 0 spiro atoms. The summed E-state index contributed by atoms with van der Waals surface area (Å²) in [7, 11) is 0. The van der Waals surface area contributed by atoms with E-state index in [1.807, 2.05) is 17.5 Å².